The van der Waals surface area contributed by atoms with Crippen molar-refractivity contribution in [3.05, 3.63) is 71.1 Å². The number of likely N-dealkylation sites (N-methyl/N-ethyl adjacent to an activating group) is 1. The summed E-state index contributed by atoms with van der Waals surface area (Å²) in [5.74, 6) is 1.94. The Kier molecular flexibility index (Phi) is 4.25. The molecule has 0 saturated carbocycles. The highest BCUT2D eigenvalue weighted by Crippen LogP contribution is 2.50. The third kappa shape index (κ3) is 2.97. The van der Waals surface area contributed by atoms with Crippen LogP contribution < -0.4 is 0 Å². The highest BCUT2D eigenvalue weighted by molar-refractivity contribution is 6.30. The third-order valence-electron chi connectivity index (χ3n) is 6.31. The summed E-state index contributed by atoms with van der Waals surface area (Å²) in [6, 6.07) is 19.3. The first-order valence-electron chi connectivity index (χ1n) is 9.57. The molecule has 138 valence electrons. The van der Waals surface area contributed by atoms with Gasteiger partial charge in [-0.2, -0.15) is 0 Å². The van der Waals surface area contributed by atoms with Gasteiger partial charge in [-0.05, 0) is 62.1 Å². The van der Waals surface area contributed by atoms with Gasteiger partial charge in [-0.1, -0.05) is 41.9 Å². The molecule has 0 aliphatic carbocycles. The predicted molar refractivity (Wildman–Crippen MR) is 106 cm³/mol. The topological polar surface area (TPSA) is 42.2 Å². The van der Waals surface area contributed by atoms with E-state index in [4.69, 9.17) is 16.0 Å². The lowest BCUT2D eigenvalue weighted by atomic mass is 9.76. The third-order valence-corrected chi connectivity index (χ3v) is 6.57. The van der Waals surface area contributed by atoms with Crippen LogP contribution in [-0.2, 0) is 0 Å². The lowest BCUT2D eigenvalue weighted by Crippen LogP contribution is -2.44. The summed E-state index contributed by atoms with van der Waals surface area (Å²) in [7, 11) is 2.24. The standard InChI is InChI=1S/C22H22ClN3O/c1-26-17-11-12-19(26)20(18(13-17)14-7-9-16(23)10-8-14)22-25-24-21(27-22)15-5-3-2-4-6-15/h2-10,17-20H,11-13H2,1H3/t17-,18+,19+,20+/m0/s1. The monoisotopic (exact) mass is 379 g/mol. The largest absolute Gasteiger partial charge is 0.420 e. The van der Waals surface area contributed by atoms with Crippen LogP contribution in [0.15, 0.2) is 59.0 Å². The number of nitrogens with zero attached hydrogens (tertiary/aromatic N) is 3. The molecule has 0 spiro atoms. The lowest BCUT2D eigenvalue weighted by Gasteiger charge is -2.41. The average Bonchev–Trinajstić information content (AvgIpc) is 3.26. The van der Waals surface area contributed by atoms with Crippen molar-refractivity contribution >= 4 is 11.6 Å². The molecular weight excluding hydrogens is 358 g/mol. The summed E-state index contributed by atoms with van der Waals surface area (Å²) in [6.07, 6.45) is 3.53. The number of hydrogen-bond donors (Lipinski definition) is 0. The van der Waals surface area contributed by atoms with E-state index in [1.54, 1.807) is 0 Å². The fraction of sp³-hybridized carbons (Fsp3) is 0.364. The van der Waals surface area contributed by atoms with Crippen molar-refractivity contribution in [1.82, 2.24) is 15.1 Å². The minimum atomic E-state index is 0.208. The number of halogens is 1. The van der Waals surface area contributed by atoms with Gasteiger partial charge in [0.2, 0.25) is 11.8 Å². The van der Waals surface area contributed by atoms with Crippen molar-refractivity contribution in [2.45, 2.75) is 43.2 Å². The van der Waals surface area contributed by atoms with E-state index in [1.165, 1.54) is 18.4 Å². The molecule has 1 aromatic heterocycles. The lowest BCUT2D eigenvalue weighted by molar-refractivity contribution is 0.124. The maximum atomic E-state index is 6.21. The summed E-state index contributed by atoms with van der Waals surface area (Å²) in [4.78, 5) is 2.52. The second-order valence-corrected chi connectivity index (χ2v) is 8.13. The van der Waals surface area contributed by atoms with Gasteiger partial charge in [0.05, 0.1) is 5.92 Å². The van der Waals surface area contributed by atoms with Crippen LogP contribution >= 0.6 is 11.6 Å². The van der Waals surface area contributed by atoms with Crippen LogP contribution in [-0.4, -0.2) is 34.2 Å². The van der Waals surface area contributed by atoms with Crippen LogP contribution in [0, 0.1) is 0 Å². The molecule has 2 saturated heterocycles. The van der Waals surface area contributed by atoms with Gasteiger partial charge in [0.15, 0.2) is 0 Å². The molecule has 0 radical (unpaired) electrons. The van der Waals surface area contributed by atoms with Gasteiger partial charge in [-0.15, -0.1) is 10.2 Å². The van der Waals surface area contributed by atoms with E-state index in [0.29, 0.717) is 23.9 Å². The molecule has 2 fully saturated rings. The zero-order chi connectivity index (χ0) is 18.4. The Bertz CT molecular complexity index is 924. The molecule has 0 amide bonds. The maximum Gasteiger partial charge on any atom is 0.247 e. The summed E-state index contributed by atoms with van der Waals surface area (Å²) in [5, 5.41) is 9.62. The molecule has 4 nitrogen and oxygen atoms in total. The molecule has 5 heteroatoms. The minimum Gasteiger partial charge on any atom is -0.420 e. The molecule has 2 bridgehead atoms. The number of piperidine rings is 1. The van der Waals surface area contributed by atoms with Crippen molar-refractivity contribution in [2.24, 2.45) is 0 Å². The molecule has 0 N–H and O–H groups in total. The van der Waals surface area contributed by atoms with E-state index in [-0.39, 0.29) is 5.92 Å². The molecule has 3 heterocycles. The molecule has 4 atom stereocenters. The summed E-state index contributed by atoms with van der Waals surface area (Å²) in [5.41, 5.74) is 2.28. The van der Waals surface area contributed by atoms with Crippen LogP contribution in [0.4, 0.5) is 0 Å². The Morgan fingerprint density at radius 3 is 2.56 bits per heavy atom. The average molecular weight is 380 g/mol. The van der Waals surface area contributed by atoms with Gasteiger partial charge in [0.25, 0.3) is 0 Å². The van der Waals surface area contributed by atoms with Crippen molar-refractivity contribution in [1.29, 1.82) is 0 Å². The first kappa shape index (κ1) is 17.0. The van der Waals surface area contributed by atoms with Crippen molar-refractivity contribution in [3.8, 4) is 11.5 Å². The number of fused-ring (bicyclic) bond motifs is 2. The van der Waals surface area contributed by atoms with Gasteiger partial charge in [0.1, 0.15) is 0 Å². The van der Waals surface area contributed by atoms with E-state index in [9.17, 15) is 0 Å². The number of aromatic nitrogens is 2. The van der Waals surface area contributed by atoms with Gasteiger partial charge in [0, 0.05) is 22.7 Å². The van der Waals surface area contributed by atoms with Gasteiger partial charge >= 0.3 is 0 Å². The normalized spacial score (nSPS) is 27.8. The van der Waals surface area contributed by atoms with E-state index in [0.717, 1.165) is 22.9 Å². The Morgan fingerprint density at radius 2 is 1.78 bits per heavy atom. The van der Waals surface area contributed by atoms with Gasteiger partial charge in [-0.25, -0.2) is 0 Å². The maximum absolute atomic E-state index is 6.21. The smallest absolute Gasteiger partial charge is 0.247 e. The fourth-order valence-corrected chi connectivity index (χ4v) is 5.05. The summed E-state index contributed by atoms with van der Waals surface area (Å²) in [6.45, 7) is 0. The quantitative estimate of drug-likeness (QED) is 0.633. The Labute approximate surface area is 164 Å². The van der Waals surface area contributed by atoms with Gasteiger partial charge in [-0.3, -0.25) is 4.90 Å². The number of rotatable bonds is 3. The molecule has 0 unspecified atom stereocenters. The van der Waals surface area contributed by atoms with E-state index in [1.807, 2.05) is 42.5 Å². The fourth-order valence-electron chi connectivity index (χ4n) is 4.92. The molecule has 27 heavy (non-hydrogen) atoms. The van der Waals surface area contributed by atoms with Crippen LogP contribution in [0.2, 0.25) is 5.02 Å². The highest BCUT2D eigenvalue weighted by atomic mass is 35.5. The summed E-state index contributed by atoms with van der Waals surface area (Å²) >= 11 is 6.12. The van der Waals surface area contributed by atoms with Crippen LogP contribution in [0.3, 0.4) is 0 Å². The summed E-state index contributed by atoms with van der Waals surface area (Å²) < 4.78 is 6.21. The molecular formula is C22H22ClN3O. The van der Waals surface area contributed by atoms with Gasteiger partial charge < -0.3 is 4.42 Å². The van der Waals surface area contributed by atoms with Crippen molar-refractivity contribution in [2.75, 3.05) is 7.05 Å². The molecule has 2 aromatic carbocycles. The SMILES string of the molecule is CN1[C@H]2CC[C@@H]1[C@H](c1nnc(-c3ccccc3)o1)[C@@H](c1ccc(Cl)cc1)C2. The van der Waals surface area contributed by atoms with Crippen molar-refractivity contribution in [3.63, 3.8) is 0 Å². The van der Waals surface area contributed by atoms with E-state index >= 15 is 0 Å². The van der Waals surface area contributed by atoms with E-state index in [2.05, 4.69) is 34.3 Å². The Balaban J connectivity index is 1.54. The Hall–Kier alpha value is -2.17. The first-order valence-corrected chi connectivity index (χ1v) is 9.95. The number of benzene rings is 2. The zero-order valence-electron chi connectivity index (χ0n) is 15.3. The van der Waals surface area contributed by atoms with E-state index < -0.39 is 0 Å². The zero-order valence-corrected chi connectivity index (χ0v) is 16.0. The molecule has 3 aromatic rings. The van der Waals surface area contributed by atoms with Crippen LogP contribution in [0.5, 0.6) is 0 Å². The minimum absolute atomic E-state index is 0.208. The molecule has 5 rings (SSSR count). The van der Waals surface area contributed by atoms with Crippen LogP contribution in [0.25, 0.3) is 11.5 Å². The number of hydrogen-bond acceptors (Lipinski definition) is 4. The molecule has 2 aliphatic rings. The van der Waals surface area contributed by atoms with Crippen molar-refractivity contribution < 1.29 is 4.42 Å². The Morgan fingerprint density at radius 1 is 1.00 bits per heavy atom. The predicted octanol–water partition coefficient (Wildman–Crippen LogP) is 5.12. The second-order valence-electron chi connectivity index (χ2n) is 7.69. The highest BCUT2D eigenvalue weighted by Gasteiger charge is 2.48. The molecule has 2 aliphatic heterocycles. The first-order chi connectivity index (χ1) is 13.2. The van der Waals surface area contributed by atoms with Crippen LogP contribution in [0.1, 0.15) is 42.6 Å². The second kappa shape index (κ2) is 6.77.